The van der Waals surface area contributed by atoms with Gasteiger partial charge in [0.1, 0.15) is 5.75 Å². The van der Waals surface area contributed by atoms with Gasteiger partial charge in [0.05, 0.1) is 6.61 Å². The molecule has 0 unspecified atom stereocenters. The van der Waals surface area contributed by atoms with Crippen LogP contribution in [0, 0.1) is 0 Å². The molecular formula is C22H36N2O2. The Morgan fingerprint density at radius 1 is 0.885 bits per heavy atom. The summed E-state index contributed by atoms with van der Waals surface area (Å²) in [7, 11) is 0. The molecule has 1 saturated carbocycles. The van der Waals surface area contributed by atoms with E-state index in [4.69, 9.17) is 4.74 Å². The van der Waals surface area contributed by atoms with E-state index in [-0.39, 0.29) is 6.03 Å². The topological polar surface area (TPSA) is 50.4 Å². The molecule has 1 aliphatic carbocycles. The van der Waals surface area contributed by atoms with E-state index in [9.17, 15) is 4.79 Å². The van der Waals surface area contributed by atoms with Gasteiger partial charge >= 0.3 is 6.03 Å². The Morgan fingerprint density at radius 3 is 2.08 bits per heavy atom. The Morgan fingerprint density at radius 2 is 1.46 bits per heavy atom. The standard InChI is InChI=1S/C22H36N2O2/c25-22(23-18-13-19-26-21-16-11-8-12-17-21)24-20-14-9-6-4-2-1-3-5-7-10-15-20/h8,11-12,16-17,20H,1-7,9-10,13-15,18-19H2,(H2,23,24,25). The zero-order valence-electron chi connectivity index (χ0n) is 16.2. The molecule has 0 atom stereocenters. The molecule has 26 heavy (non-hydrogen) atoms. The lowest BCUT2D eigenvalue weighted by molar-refractivity contribution is 0.233. The Kier molecular flexibility index (Phi) is 10.7. The van der Waals surface area contributed by atoms with E-state index in [1.165, 1.54) is 57.8 Å². The van der Waals surface area contributed by atoms with Crippen molar-refractivity contribution < 1.29 is 9.53 Å². The number of para-hydroxylation sites is 1. The van der Waals surface area contributed by atoms with Crippen molar-refractivity contribution >= 4 is 6.03 Å². The van der Waals surface area contributed by atoms with Crippen molar-refractivity contribution in [2.75, 3.05) is 13.2 Å². The lowest BCUT2D eigenvalue weighted by Crippen LogP contribution is -2.42. The second kappa shape index (κ2) is 13.5. The first-order chi connectivity index (χ1) is 12.8. The van der Waals surface area contributed by atoms with Crippen LogP contribution in [0.2, 0.25) is 0 Å². The Labute approximate surface area is 159 Å². The normalized spacial score (nSPS) is 17.5. The summed E-state index contributed by atoms with van der Waals surface area (Å²) < 4.78 is 5.64. The predicted octanol–water partition coefficient (Wildman–Crippen LogP) is 5.43. The maximum absolute atomic E-state index is 12.2. The average molecular weight is 361 g/mol. The van der Waals surface area contributed by atoms with E-state index in [0.717, 1.165) is 25.0 Å². The molecule has 0 aliphatic heterocycles. The van der Waals surface area contributed by atoms with Crippen molar-refractivity contribution in [1.29, 1.82) is 0 Å². The number of hydrogen-bond acceptors (Lipinski definition) is 2. The molecule has 0 radical (unpaired) electrons. The zero-order chi connectivity index (χ0) is 18.3. The summed E-state index contributed by atoms with van der Waals surface area (Å²) in [4.78, 5) is 12.2. The number of carbonyl (C=O) groups is 1. The highest BCUT2D eigenvalue weighted by atomic mass is 16.5. The molecule has 1 aromatic rings. The second-order valence-electron chi connectivity index (χ2n) is 7.37. The largest absolute Gasteiger partial charge is 0.494 e. The minimum Gasteiger partial charge on any atom is -0.494 e. The van der Waals surface area contributed by atoms with E-state index < -0.39 is 0 Å². The molecule has 0 saturated heterocycles. The van der Waals surface area contributed by atoms with Crippen LogP contribution in [-0.4, -0.2) is 25.2 Å². The van der Waals surface area contributed by atoms with Gasteiger partial charge in [-0.05, 0) is 31.4 Å². The molecule has 2 rings (SSSR count). The fourth-order valence-corrected chi connectivity index (χ4v) is 3.52. The molecule has 2 N–H and O–H groups in total. The molecule has 4 heteroatoms. The van der Waals surface area contributed by atoms with Crippen LogP contribution in [0.15, 0.2) is 30.3 Å². The Hall–Kier alpha value is -1.71. The SMILES string of the molecule is O=C(NCCCOc1ccccc1)NC1CCCCCCCCCCC1. The third-order valence-corrected chi connectivity index (χ3v) is 5.06. The number of amides is 2. The van der Waals surface area contributed by atoms with Crippen LogP contribution >= 0.6 is 0 Å². The Bertz CT molecular complexity index is 466. The number of nitrogens with one attached hydrogen (secondary N) is 2. The summed E-state index contributed by atoms with van der Waals surface area (Å²) in [6.07, 6.45) is 15.0. The van der Waals surface area contributed by atoms with Gasteiger partial charge in [-0.2, -0.15) is 0 Å². The van der Waals surface area contributed by atoms with E-state index in [1.807, 2.05) is 30.3 Å². The van der Waals surface area contributed by atoms with Gasteiger partial charge in [0.15, 0.2) is 0 Å². The maximum atomic E-state index is 12.2. The Balaban J connectivity index is 1.58. The second-order valence-corrected chi connectivity index (χ2v) is 7.37. The quantitative estimate of drug-likeness (QED) is 0.665. The molecule has 4 nitrogen and oxygen atoms in total. The van der Waals surface area contributed by atoms with Crippen molar-refractivity contribution in [2.45, 2.75) is 83.1 Å². The minimum atomic E-state index is -0.0261. The van der Waals surface area contributed by atoms with Gasteiger partial charge < -0.3 is 15.4 Å². The van der Waals surface area contributed by atoms with Gasteiger partial charge in [-0.25, -0.2) is 4.79 Å². The van der Waals surface area contributed by atoms with E-state index in [2.05, 4.69) is 10.6 Å². The minimum absolute atomic E-state index is 0.0261. The maximum Gasteiger partial charge on any atom is 0.315 e. The number of urea groups is 1. The van der Waals surface area contributed by atoms with Crippen LogP contribution in [0.5, 0.6) is 5.75 Å². The molecule has 0 bridgehead atoms. The lowest BCUT2D eigenvalue weighted by atomic mass is 9.98. The van der Waals surface area contributed by atoms with Crippen molar-refractivity contribution in [1.82, 2.24) is 10.6 Å². The van der Waals surface area contributed by atoms with Crippen LogP contribution in [0.25, 0.3) is 0 Å². The zero-order valence-corrected chi connectivity index (χ0v) is 16.2. The van der Waals surface area contributed by atoms with Gasteiger partial charge in [-0.15, -0.1) is 0 Å². The molecule has 146 valence electrons. The molecule has 0 spiro atoms. The molecule has 0 aromatic heterocycles. The summed E-state index contributed by atoms with van der Waals surface area (Å²) in [5.74, 6) is 0.880. The third kappa shape index (κ3) is 9.69. The van der Waals surface area contributed by atoms with Crippen molar-refractivity contribution in [3.8, 4) is 5.75 Å². The van der Waals surface area contributed by atoms with Gasteiger partial charge in [0, 0.05) is 12.6 Å². The van der Waals surface area contributed by atoms with Gasteiger partial charge in [0.2, 0.25) is 0 Å². The smallest absolute Gasteiger partial charge is 0.315 e. The van der Waals surface area contributed by atoms with Crippen LogP contribution in [0.3, 0.4) is 0 Å². The van der Waals surface area contributed by atoms with Crippen LogP contribution in [0.1, 0.15) is 77.0 Å². The monoisotopic (exact) mass is 360 g/mol. The van der Waals surface area contributed by atoms with Crippen molar-refractivity contribution in [2.24, 2.45) is 0 Å². The fourth-order valence-electron chi connectivity index (χ4n) is 3.52. The van der Waals surface area contributed by atoms with Gasteiger partial charge in [-0.3, -0.25) is 0 Å². The van der Waals surface area contributed by atoms with Gasteiger partial charge in [-0.1, -0.05) is 76.0 Å². The predicted molar refractivity (Wildman–Crippen MR) is 108 cm³/mol. The highest BCUT2D eigenvalue weighted by Crippen LogP contribution is 2.17. The first-order valence-electron chi connectivity index (χ1n) is 10.6. The highest BCUT2D eigenvalue weighted by Gasteiger charge is 2.12. The molecule has 2 amide bonds. The first-order valence-corrected chi connectivity index (χ1v) is 10.6. The van der Waals surface area contributed by atoms with Crippen LogP contribution in [0.4, 0.5) is 4.79 Å². The van der Waals surface area contributed by atoms with E-state index in [0.29, 0.717) is 19.2 Å². The molecule has 1 aromatic carbocycles. The van der Waals surface area contributed by atoms with Crippen LogP contribution < -0.4 is 15.4 Å². The summed E-state index contributed by atoms with van der Waals surface area (Å²) >= 11 is 0. The molecule has 1 fully saturated rings. The summed E-state index contributed by atoms with van der Waals surface area (Å²) in [5.41, 5.74) is 0. The first kappa shape index (κ1) is 20.6. The van der Waals surface area contributed by atoms with Crippen molar-refractivity contribution in [3.05, 3.63) is 30.3 Å². The number of rotatable bonds is 6. The number of carbonyl (C=O) groups excluding carboxylic acids is 1. The lowest BCUT2D eigenvalue weighted by Gasteiger charge is -2.20. The number of hydrogen-bond donors (Lipinski definition) is 2. The third-order valence-electron chi connectivity index (χ3n) is 5.06. The molecule has 1 aliphatic rings. The van der Waals surface area contributed by atoms with Gasteiger partial charge in [0.25, 0.3) is 0 Å². The van der Waals surface area contributed by atoms with Crippen molar-refractivity contribution in [3.63, 3.8) is 0 Å². The van der Waals surface area contributed by atoms with Crippen LogP contribution in [-0.2, 0) is 0 Å². The number of benzene rings is 1. The molecular weight excluding hydrogens is 324 g/mol. The number of ether oxygens (including phenoxy) is 1. The molecule has 0 heterocycles. The summed E-state index contributed by atoms with van der Waals surface area (Å²) in [5, 5.41) is 6.16. The van der Waals surface area contributed by atoms with E-state index in [1.54, 1.807) is 0 Å². The summed E-state index contributed by atoms with van der Waals surface area (Å²) in [6.45, 7) is 1.26. The summed E-state index contributed by atoms with van der Waals surface area (Å²) in [6, 6.07) is 10.1. The highest BCUT2D eigenvalue weighted by molar-refractivity contribution is 5.74. The fraction of sp³-hybridized carbons (Fsp3) is 0.682. The van der Waals surface area contributed by atoms with E-state index >= 15 is 0 Å². The average Bonchev–Trinajstić information content (AvgIpc) is 2.64.